The lowest BCUT2D eigenvalue weighted by atomic mass is 10.0. The van der Waals surface area contributed by atoms with Crippen molar-refractivity contribution in [3.8, 4) is 0 Å². The van der Waals surface area contributed by atoms with Crippen molar-refractivity contribution in [3.05, 3.63) is 29.3 Å². The summed E-state index contributed by atoms with van der Waals surface area (Å²) in [5.74, 6) is -0.906. The van der Waals surface area contributed by atoms with Gasteiger partial charge < -0.3 is 10.1 Å². The van der Waals surface area contributed by atoms with Crippen LogP contribution in [0.3, 0.4) is 0 Å². The van der Waals surface area contributed by atoms with Crippen molar-refractivity contribution < 1.29 is 14.4 Å². The third kappa shape index (κ3) is 1.86. The second-order valence-corrected chi connectivity index (χ2v) is 4.88. The van der Waals surface area contributed by atoms with Crippen molar-refractivity contribution in [3.63, 3.8) is 0 Å². The monoisotopic (exact) mass is 269 g/mol. The van der Waals surface area contributed by atoms with Gasteiger partial charge in [0.2, 0.25) is 19.8 Å². The number of piperidine rings is 1. The molecule has 1 fully saturated rings. The van der Waals surface area contributed by atoms with Crippen molar-refractivity contribution in [2.75, 3.05) is 5.23 Å². The highest BCUT2D eigenvalue weighted by Crippen LogP contribution is 2.31. The molecule has 1 atom stereocenters. The molecular weight excluding hydrogens is 257 g/mol. The van der Waals surface area contributed by atoms with E-state index < -0.39 is 11.9 Å². The van der Waals surface area contributed by atoms with E-state index in [-0.39, 0.29) is 18.2 Å². The molecule has 2 radical (unpaired) electrons. The highest BCUT2D eigenvalue weighted by Gasteiger charge is 2.39. The Hall–Kier alpha value is -2.31. The lowest BCUT2D eigenvalue weighted by molar-refractivity contribution is -0.136. The summed E-state index contributed by atoms with van der Waals surface area (Å²) in [5, 5.41) is 4.83. The van der Waals surface area contributed by atoms with E-state index in [0.717, 1.165) is 5.56 Å². The van der Waals surface area contributed by atoms with Crippen LogP contribution < -0.4 is 10.5 Å². The number of fused-ring (bicyclic) bond motifs is 1. The van der Waals surface area contributed by atoms with Crippen molar-refractivity contribution in [2.45, 2.75) is 25.4 Å². The van der Waals surface area contributed by atoms with E-state index in [0.29, 0.717) is 24.2 Å². The lowest BCUT2D eigenvalue weighted by Crippen LogP contribution is -2.52. The van der Waals surface area contributed by atoms with Crippen molar-refractivity contribution >= 4 is 31.4 Å². The van der Waals surface area contributed by atoms with E-state index in [1.54, 1.807) is 18.2 Å². The SMILES string of the molecule is [B]Nc1cccc2c1CN(C1CCC(=O)NC1=O)C2=O. The third-order valence-electron chi connectivity index (χ3n) is 3.74. The molecule has 2 heterocycles. The predicted octanol–water partition coefficient (Wildman–Crippen LogP) is -0.0570. The van der Waals surface area contributed by atoms with Crippen LogP contribution >= 0.6 is 0 Å². The van der Waals surface area contributed by atoms with Crippen molar-refractivity contribution in [1.29, 1.82) is 0 Å². The van der Waals surface area contributed by atoms with Gasteiger partial charge in [-0.3, -0.25) is 19.7 Å². The van der Waals surface area contributed by atoms with Crippen LogP contribution in [0, 0.1) is 0 Å². The molecule has 1 aromatic rings. The number of imide groups is 1. The maximum absolute atomic E-state index is 12.4. The molecule has 1 saturated heterocycles. The molecule has 2 aliphatic heterocycles. The summed E-state index contributed by atoms with van der Waals surface area (Å²) in [4.78, 5) is 36.9. The number of nitrogens with zero attached hydrogens (tertiary/aromatic N) is 1. The number of anilines is 1. The summed E-state index contributed by atoms with van der Waals surface area (Å²) in [6.07, 6.45) is 0.605. The minimum absolute atomic E-state index is 0.202. The van der Waals surface area contributed by atoms with Crippen LogP contribution in [-0.2, 0) is 16.1 Å². The van der Waals surface area contributed by atoms with Crippen LogP contribution in [0.5, 0.6) is 0 Å². The molecule has 1 unspecified atom stereocenters. The summed E-state index contributed by atoms with van der Waals surface area (Å²) in [5.41, 5.74) is 2.00. The van der Waals surface area contributed by atoms with Crippen molar-refractivity contribution in [2.24, 2.45) is 0 Å². The summed E-state index contributed by atoms with van der Waals surface area (Å²) >= 11 is 0. The minimum atomic E-state index is -0.599. The van der Waals surface area contributed by atoms with Crippen LogP contribution in [0.1, 0.15) is 28.8 Å². The Labute approximate surface area is 116 Å². The number of hydrogen-bond donors (Lipinski definition) is 2. The van der Waals surface area contributed by atoms with Crippen LogP contribution in [0.4, 0.5) is 5.69 Å². The summed E-state index contributed by atoms with van der Waals surface area (Å²) in [6.45, 7) is 0.320. The fourth-order valence-electron chi connectivity index (χ4n) is 2.72. The molecule has 7 heteroatoms. The molecule has 0 bridgehead atoms. The quantitative estimate of drug-likeness (QED) is 0.582. The molecule has 3 amide bonds. The number of benzene rings is 1. The zero-order chi connectivity index (χ0) is 14.3. The van der Waals surface area contributed by atoms with Gasteiger partial charge in [-0.25, -0.2) is 0 Å². The number of carbonyl (C=O) groups is 3. The maximum Gasteiger partial charge on any atom is 0.255 e. The normalized spacial score (nSPS) is 21.7. The van der Waals surface area contributed by atoms with Gasteiger partial charge in [-0.2, -0.15) is 0 Å². The van der Waals surface area contributed by atoms with Gasteiger partial charge >= 0.3 is 0 Å². The zero-order valence-corrected chi connectivity index (χ0v) is 10.7. The van der Waals surface area contributed by atoms with Crippen LogP contribution in [0.2, 0.25) is 0 Å². The largest absolute Gasteiger partial charge is 0.437 e. The molecule has 0 spiro atoms. The van der Waals surface area contributed by atoms with Gasteiger partial charge in [-0.05, 0) is 18.6 Å². The second kappa shape index (κ2) is 4.66. The minimum Gasteiger partial charge on any atom is -0.437 e. The first kappa shape index (κ1) is 12.7. The molecule has 3 rings (SSSR count). The van der Waals surface area contributed by atoms with Crippen LogP contribution in [0.25, 0.3) is 0 Å². The zero-order valence-electron chi connectivity index (χ0n) is 10.7. The molecule has 2 N–H and O–H groups in total. The molecule has 100 valence electrons. The van der Waals surface area contributed by atoms with Gasteiger partial charge in [0.05, 0.1) is 0 Å². The molecule has 0 aliphatic carbocycles. The Bertz CT molecular complexity index is 617. The predicted molar refractivity (Wildman–Crippen MR) is 71.9 cm³/mol. The molecule has 2 aliphatic rings. The third-order valence-corrected chi connectivity index (χ3v) is 3.74. The van der Waals surface area contributed by atoms with E-state index in [2.05, 4.69) is 10.5 Å². The van der Waals surface area contributed by atoms with E-state index in [1.807, 2.05) is 0 Å². The lowest BCUT2D eigenvalue weighted by Gasteiger charge is -2.29. The topological polar surface area (TPSA) is 78.5 Å². The Morgan fingerprint density at radius 1 is 1.30 bits per heavy atom. The number of rotatable bonds is 2. The fourth-order valence-corrected chi connectivity index (χ4v) is 2.72. The van der Waals surface area contributed by atoms with Gasteiger partial charge in [-0.1, -0.05) is 6.07 Å². The first-order chi connectivity index (χ1) is 9.61. The van der Waals surface area contributed by atoms with Crippen LogP contribution in [0.15, 0.2) is 18.2 Å². The number of carbonyl (C=O) groups excluding carboxylic acids is 3. The number of hydrogen-bond acceptors (Lipinski definition) is 4. The molecule has 6 nitrogen and oxygen atoms in total. The number of nitrogens with one attached hydrogen (secondary N) is 2. The Morgan fingerprint density at radius 2 is 2.10 bits per heavy atom. The number of amides is 3. The van der Waals surface area contributed by atoms with Gasteiger partial charge in [0.1, 0.15) is 6.04 Å². The van der Waals surface area contributed by atoms with E-state index in [4.69, 9.17) is 7.98 Å². The molecule has 0 aromatic heterocycles. The van der Waals surface area contributed by atoms with Gasteiger partial charge in [0.25, 0.3) is 5.91 Å². The summed E-state index contributed by atoms with van der Waals surface area (Å²) in [6, 6.07) is 4.63. The van der Waals surface area contributed by atoms with Gasteiger partial charge in [-0.15, -0.1) is 0 Å². The smallest absolute Gasteiger partial charge is 0.255 e. The Balaban J connectivity index is 1.90. The highest BCUT2D eigenvalue weighted by atomic mass is 16.2. The van der Waals surface area contributed by atoms with E-state index >= 15 is 0 Å². The van der Waals surface area contributed by atoms with E-state index in [9.17, 15) is 14.4 Å². The summed E-state index contributed by atoms with van der Waals surface area (Å²) in [7, 11) is 5.43. The van der Waals surface area contributed by atoms with Crippen LogP contribution in [-0.4, -0.2) is 36.6 Å². The highest BCUT2D eigenvalue weighted by molar-refractivity contribution is 6.17. The van der Waals surface area contributed by atoms with Gasteiger partial charge in [0, 0.05) is 29.8 Å². The molecular formula is C13H12BN3O3. The molecule has 0 saturated carbocycles. The first-order valence-electron chi connectivity index (χ1n) is 6.35. The fraction of sp³-hybridized carbons (Fsp3) is 0.308. The average Bonchev–Trinajstić information content (AvgIpc) is 2.76. The standard InChI is InChI=1S/C13H12BN3O3/c14-16-9-3-1-2-7-8(9)6-17(13(7)20)10-4-5-11(18)15-12(10)19/h1-3,10,16H,4-6H2,(H,15,18,19). The van der Waals surface area contributed by atoms with Gasteiger partial charge in [0.15, 0.2) is 0 Å². The Kier molecular flexibility index (Phi) is 2.96. The average molecular weight is 269 g/mol. The Morgan fingerprint density at radius 3 is 2.80 bits per heavy atom. The van der Waals surface area contributed by atoms with Crippen molar-refractivity contribution in [1.82, 2.24) is 10.2 Å². The molecule has 20 heavy (non-hydrogen) atoms. The second-order valence-electron chi connectivity index (χ2n) is 4.88. The maximum atomic E-state index is 12.4. The summed E-state index contributed by atoms with van der Waals surface area (Å²) < 4.78 is 0. The molecule has 1 aromatic carbocycles. The first-order valence-corrected chi connectivity index (χ1v) is 6.35. The van der Waals surface area contributed by atoms with E-state index in [1.165, 1.54) is 4.90 Å².